The third-order valence-electron chi connectivity index (χ3n) is 2.98. The molecular formula is C11H19NO4. The van der Waals surface area contributed by atoms with E-state index in [0.717, 1.165) is 6.42 Å². The minimum atomic E-state index is -0.889. The molecule has 1 saturated heterocycles. The molecule has 92 valence electrons. The maximum absolute atomic E-state index is 11.9. The van der Waals surface area contributed by atoms with E-state index in [9.17, 15) is 9.59 Å². The van der Waals surface area contributed by atoms with Gasteiger partial charge in [-0.05, 0) is 12.3 Å². The van der Waals surface area contributed by atoms with Gasteiger partial charge in [-0.25, -0.2) is 0 Å². The maximum atomic E-state index is 11.9. The number of carbonyl (C=O) groups is 2. The van der Waals surface area contributed by atoms with Crippen LogP contribution in [0.5, 0.6) is 0 Å². The summed E-state index contributed by atoms with van der Waals surface area (Å²) in [5, 5.41) is 8.76. The lowest BCUT2D eigenvalue weighted by Crippen LogP contribution is -2.41. The van der Waals surface area contributed by atoms with Gasteiger partial charge in [0.25, 0.3) is 5.91 Å². The summed E-state index contributed by atoms with van der Waals surface area (Å²) in [4.78, 5) is 24.0. The van der Waals surface area contributed by atoms with Crippen LogP contribution in [0, 0.1) is 11.8 Å². The summed E-state index contributed by atoms with van der Waals surface area (Å²) in [6.45, 7) is 4.40. The van der Waals surface area contributed by atoms with Crippen LogP contribution in [0.15, 0.2) is 0 Å². The van der Waals surface area contributed by atoms with Gasteiger partial charge in [-0.3, -0.25) is 9.59 Å². The number of carbonyl (C=O) groups excluding carboxylic acids is 1. The Balaban J connectivity index is 2.50. The van der Waals surface area contributed by atoms with E-state index in [4.69, 9.17) is 9.84 Å². The SMILES string of the molecule is CC(CN(C)C(=O)C1OCCC1C)C(=O)O. The quantitative estimate of drug-likeness (QED) is 0.766. The zero-order valence-corrected chi connectivity index (χ0v) is 9.97. The number of amides is 1. The zero-order chi connectivity index (χ0) is 12.3. The van der Waals surface area contributed by atoms with E-state index in [0.29, 0.717) is 6.61 Å². The van der Waals surface area contributed by atoms with Gasteiger partial charge in [0.05, 0.1) is 5.92 Å². The lowest BCUT2D eigenvalue weighted by Gasteiger charge is -2.24. The summed E-state index contributed by atoms with van der Waals surface area (Å²) in [7, 11) is 1.62. The Kier molecular flexibility index (Phi) is 4.29. The zero-order valence-electron chi connectivity index (χ0n) is 9.97. The summed E-state index contributed by atoms with van der Waals surface area (Å²) in [5.41, 5.74) is 0. The highest BCUT2D eigenvalue weighted by Gasteiger charge is 2.33. The third kappa shape index (κ3) is 2.95. The number of carboxylic acid groups (broad SMARTS) is 1. The first kappa shape index (κ1) is 13.0. The normalized spacial score (nSPS) is 26.4. The van der Waals surface area contributed by atoms with Crippen molar-refractivity contribution < 1.29 is 19.4 Å². The number of hydrogen-bond donors (Lipinski definition) is 1. The van der Waals surface area contributed by atoms with Gasteiger partial charge in [0.2, 0.25) is 0 Å². The van der Waals surface area contributed by atoms with Crippen LogP contribution in [0.4, 0.5) is 0 Å². The number of rotatable bonds is 4. The van der Waals surface area contributed by atoms with Crippen molar-refractivity contribution >= 4 is 11.9 Å². The highest BCUT2D eigenvalue weighted by atomic mass is 16.5. The fraction of sp³-hybridized carbons (Fsp3) is 0.818. The molecule has 1 amide bonds. The van der Waals surface area contributed by atoms with Crippen LogP contribution in [-0.2, 0) is 14.3 Å². The molecule has 1 fully saturated rings. The van der Waals surface area contributed by atoms with Gasteiger partial charge in [0.1, 0.15) is 6.10 Å². The van der Waals surface area contributed by atoms with Gasteiger partial charge in [0, 0.05) is 20.2 Å². The van der Waals surface area contributed by atoms with Gasteiger partial charge in [-0.1, -0.05) is 13.8 Å². The van der Waals surface area contributed by atoms with E-state index in [1.165, 1.54) is 4.90 Å². The molecule has 0 aromatic rings. The molecule has 1 rings (SSSR count). The summed E-state index contributed by atoms with van der Waals surface area (Å²) in [6, 6.07) is 0. The van der Waals surface area contributed by atoms with Crippen LogP contribution in [-0.4, -0.2) is 48.2 Å². The molecule has 0 aromatic carbocycles. The summed E-state index contributed by atoms with van der Waals surface area (Å²) < 4.78 is 5.35. The van der Waals surface area contributed by atoms with Gasteiger partial charge in [0.15, 0.2) is 0 Å². The van der Waals surface area contributed by atoms with Crippen LogP contribution in [0.3, 0.4) is 0 Å². The summed E-state index contributed by atoms with van der Waals surface area (Å²) >= 11 is 0. The summed E-state index contributed by atoms with van der Waals surface area (Å²) in [6.07, 6.45) is 0.490. The van der Waals surface area contributed by atoms with E-state index < -0.39 is 18.0 Å². The molecule has 1 N–H and O–H groups in total. The van der Waals surface area contributed by atoms with Crippen LogP contribution < -0.4 is 0 Å². The number of hydrogen-bond acceptors (Lipinski definition) is 3. The number of ether oxygens (including phenoxy) is 1. The molecule has 0 bridgehead atoms. The van der Waals surface area contributed by atoms with E-state index in [-0.39, 0.29) is 18.4 Å². The molecule has 3 unspecified atom stereocenters. The fourth-order valence-corrected chi connectivity index (χ4v) is 1.81. The second-order valence-electron chi connectivity index (χ2n) is 4.52. The molecule has 0 aromatic heterocycles. The van der Waals surface area contributed by atoms with Crippen molar-refractivity contribution in [2.45, 2.75) is 26.4 Å². The molecule has 1 aliphatic heterocycles. The first-order valence-electron chi connectivity index (χ1n) is 5.53. The Hall–Kier alpha value is -1.10. The van der Waals surface area contributed by atoms with Crippen molar-refractivity contribution in [2.75, 3.05) is 20.2 Å². The standard InChI is InChI=1S/C11H19NO4/c1-7-4-5-16-9(7)10(13)12(3)6-8(2)11(14)15/h7-9H,4-6H2,1-3H3,(H,14,15). The van der Waals surface area contributed by atoms with Crippen molar-refractivity contribution in [1.82, 2.24) is 4.90 Å². The van der Waals surface area contributed by atoms with Crippen LogP contribution in [0.25, 0.3) is 0 Å². The molecule has 16 heavy (non-hydrogen) atoms. The lowest BCUT2D eigenvalue weighted by molar-refractivity contribution is -0.145. The first-order chi connectivity index (χ1) is 7.43. The summed E-state index contributed by atoms with van der Waals surface area (Å²) in [5.74, 6) is -1.33. The van der Waals surface area contributed by atoms with Gasteiger partial charge in [-0.2, -0.15) is 0 Å². The largest absolute Gasteiger partial charge is 0.481 e. The molecule has 0 aliphatic carbocycles. The minimum Gasteiger partial charge on any atom is -0.481 e. The van der Waals surface area contributed by atoms with Crippen LogP contribution in [0.1, 0.15) is 20.3 Å². The van der Waals surface area contributed by atoms with E-state index in [1.54, 1.807) is 14.0 Å². The van der Waals surface area contributed by atoms with Gasteiger partial charge in [-0.15, -0.1) is 0 Å². The van der Waals surface area contributed by atoms with Crippen molar-refractivity contribution in [3.63, 3.8) is 0 Å². The van der Waals surface area contributed by atoms with Gasteiger partial charge < -0.3 is 14.7 Å². The first-order valence-corrected chi connectivity index (χ1v) is 5.53. The van der Waals surface area contributed by atoms with Crippen LogP contribution in [0.2, 0.25) is 0 Å². The van der Waals surface area contributed by atoms with E-state index in [1.807, 2.05) is 6.92 Å². The molecule has 3 atom stereocenters. The Bertz CT molecular complexity index is 279. The van der Waals surface area contributed by atoms with E-state index in [2.05, 4.69) is 0 Å². The number of likely N-dealkylation sites (N-methyl/N-ethyl adjacent to an activating group) is 1. The predicted molar refractivity (Wildman–Crippen MR) is 58.0 cm³/mol. The lowest BCUT2D eigenvalue weighted by atomic mass is 10.0. The number of carboxylic acids is 1. The Morgan fingerprint density at radius 1 is 1.56 bits per heavy atom. The second-order valence-corrected chi connectivity index (χ2v) is 4.52. The molecule has 1 heterocycles. The molecule has 1 aliphatic rings. The van der Waals surface area contributed by atoms with Crippen molar-refractivity contribution in [2.24, 2.45) is 11.8 Å². The molecule has 5 heteroatoms. The molecule has 5 nitrogen and oxygen atoms in total. The van der Waals surface area contributed by atoms with Crippen molar-refractivity contribution in [3.05, 3.63) is 0 Å². The minimum absolute atomic E-state index is 0.113. The Morgan fingerprint density at radius 3 is 2.62 bits per heavy atom. The van der Waals surface area contributed by atoms with Gasteiger partial charge >= 0.3 is 5.97 Å². The number of aliphatic carboxylic acids is 1. The average Bonchev–Trinajstić information content (AvgIpc) is 2.62. The molecule has 0 spiro atoms. The topological polar surface area (TPSA) is 66.8 Å². The highest BCUT2D eigenvalue weighted by molar-refractivity contribution is 5.82. The second kappa shape index (κ2) is 5.30. The molecule has 0 saturated carbocycles. The Labute approximate surface area is 95.4 Å². The van der Waals surface area contributed by atoms with Crippen molar-refractivity contribution in [3.8, 4) is 0 Å². The third-order valence-corrected chi connectivity index (χ3v) is 2.98. The van der Waals surface area contributed by atoms with E-state index >= 15 is 0 Å². The average molecular weight is 229 g/mol. The maximum Gasteiger partial charge on any atom is 0.308 e. The Morgan fingerprint density at radius 2 is 2.19 bits per heavy atom. The smallest absolute Gasteiger partial charge is 0.308 e. The number of nitrogens with zero attached hydrogens (tertiary/aromatic N) is 1. The fourth-order valence-electron chi connectivity index (χ4n) is 1.81. The monoisotopic (exact) mass is 229 g/mol. The molecular weight excluding hydrogens is 210 g/mol. The van der Waals surface area contributed by atoms with Crippen molar-refractivity contribution in [1.29, 1.82) is 0 Å². The highest BCUT2D eigenvalue weighted by Crippen LogP contribution is 2.21. The van der Waals surface area contributed by atoms with Crippen LogP contribution >= 0.6 is 0 Å². The molecule has 0 radical (unpaired) electrons. The predicted octanol–water partition coefficient (Wildman–Crippen LogP) is 0.590.